The predicted octanol–water partition coefficient (Wildman–Crippen LogP) is 4.10. The van der Waals surface area contributed by atoms with Crippen LogP contribution in [0, 0.1) is 0 Å². The number of carbonyl (C=O) groups is 2. The number of piperidine rings is 1. The van der Waals surface area contributed by atoms with Crippen molar-refractivity contribution in [1.29, 1.82) is 0 Å². The van der Waals surface area contributed by atoms with Crippen LogP contribution in [0.2, 0.25) is 0 Å². The Bertz CT molecular complexity index is 1710. The normalized spacial score (nSPS) is 15.2. The molecule has 5 N–H and O–H groups in total. The predicted molar refractivity (Wildman–Crippen MR) is 171 cm³/mol. The van der Waals surface area contributed by atoms with Gasteiger partial charge in [0, 0.05) is 36.9 Å². The second-order valence-corrected chi connectivity index (χ2v) is 13.7. The molecule has 1 aliphatic rings. The highest BCUT2D eigenvalue weighted by Crippen LogP contribution is 2.29. The highest BCUT2D eigenvalue weighted by atomic mass is 32.2. The van der Waals surface area contributed by atoms with Gasteiger partial charge in [-0.15, -0.1) is 0 Å². The molecule has 11 nitrogen and oxygen atoms in total. The summed E-state index contributed by atoms with van der Waals surface area (Å²) in [5, 5.41) is 15.8. The average Bonchev–Trinajstić information content (AvgIpc) is 3.41. The fourth-order valence-electron chi connectivity index (χ4n) is 5.37. The molecule has 0 bridgehead atoms. The summed E-state index contributed by atoms with van der Waals surface area (Å²) in [4.78, 5) is 35.0. The Balaban J connectivity index is 1.14. The molecule has 1 amide bonds. The lowest BCUT2D eigenvalue weighted by atomic mass is 9.87. The maximum atomic E-state index is 13.2. The molecule has 4 aromatic rings. The summed E-state index contributed by atoms with van der Waals surface area (Å²) in [5.41, 5.74) is 3.34. The summed E-state index contributed by atoms with van der Waals surface area (Å²) in [6, 6.07) is 20.2. The van der Waals surface area contributed by atoms with Gasteiger partial charge in [-0.3, -0.25) is 9.59 Å². The van der Waals surface area contributed by atoms with Crippen LogP contribution in [0.5, 0.6) is 0 Å². The highest BCUT2D eigenvalue weighted by Gasteiger charge is 2.30. The Hall–Kier alpha value is -4.42. The van der Waals surface area contributed by atoms with E-state index in [1.807, 2.05) is 57.2 Å². The molecule has 1 atom stereocenters. The fraction of sp³-hybridized carbons (Fsp3) is 0.344. The van der Waals surface area contributed by atoms with E-state index < -0.39 is 39.9 Å². The minimum Gasteiger partial charge on any atom is -0.480 e. The summed E-state index contributed by atoms with van der Waals surface area (Å²) < 4.78 is 28.6. The number of H-pyrrole nitrogens is 1. The molecule has 232 valence electrons. The number of nitrogens with zero attached hydrogens (tertiary/aromatic N) is 2. The number of nitrogens with one attached hydrogen (secondary N) is 4. The van der Waals surface area contributed by atoms with Gasteiger partial charge in [0.2, 0.25) is 16.0 Å². The van der Waals surface area contributed by atoms with Crippen molar-refractivity contribution < 1.29 is 23.1 Å². The van der Waals surface area contributed by atoms with Crippen molar-refractivity contribution in [2.24, 2.45) is 0 Å². The van der Waals surface area contributed by atoms with Gasteiger partial charge in [-0.25, -0.2) is 13.4 Å². The number of hydrogen-bond acceptors (Lipinski definition) is 7. The van der Waals surface area contributed by atoms with E-state index in [-0.39, 0.29) is 4.90 Å². The molecule has 12 heteroatoms. The summed E-state index contributed by atoms with van der Waals surface area (Å²) >= 11 is 0. The maximum absolute atomic E-state index is 13.2. The topological polar surface area (TPSA) is 157 Å². The number of aliphatic carboxylic acids is 1. The summed E-state index contributed by atoms with van der Waals surface area (Å²) in [6.45, 7) is 6.89. The molecule has 3 aromatic carbocycles. The summed E-state index contributed by atoms with van der Waals surface area (Å²) in [7, 11) is -4.17. The minimum atomic E-state index is -4.17. The number of amides is 1. The minimum absolute atomic E-state index is 0.00927. The van der Waals surface area contributed by atoms with Crippen LogP contribution in [0.3, 0.4) is 0 Å². The van der Waals surface area contributed by atoms with Gasteiger partial charge < -0.3 is 25.6 Å². The first-order valence-corrected chi connectivity index (χ1v) is 16.1. The van der Waals surface area contributed by atoms with E-state index >= 15 is 0 Å². The molecule has 0 saturated carbocycles. The Kier molecular flexibility index (Phi) is 8.93. The van der Waals surface area contributed by atoms with Gasteiger partial charge in [-0.05, 0) is 66.3 Å². The number of fused-ring (bicyclic) bond motifs is 1. The first-order valence-electron chi connectivity index (χ1n) is 14.6. The van der Waals surface area contributed by atoms with E-state index in [0.717, 1.165) is 48.6 Å². The zero-order valence-corrected chi connectivity index (χ0v) is 25.8. The molecule has 0 radical (unpaired) electrons. The third-order valence-corrected chi connectivity index (χ3v) is 9.30. The zero-order chi connectivity index (χ0) is 31.5. The number of aromatic nitrogens is 2. The molecule has 1 aromatic heterocycles. The van der Waals surface area contributed by atoms with E-state index in [4.69, 9.17) is 0 Å². The number of carboxylic acids is 1. The molecular weight excluding hydrogens is 580 g/mol. The van der Waals surface area contributed by atoms with Gasteiger partial charge in [0.25, 0.3) is 5.91 Å². The molecule has 0 unspecified atom stereocenters. The van der Waals surface area contributed by atoms with Crippen LogP contribution in [0.25, 0.3) is 11.0 Å². The second kappa shape index (κ2) is 12.7. The van der Waals surface area contributed by atoms with E-state index in [1.165, 1.54) is 6.07 Å². The smallest absolute Gasteiger partial charge is 0.323 e. The van der Waals surface area contributed by atoms with Crippen molar-refractivity contribution in [1.82, 2.24) is 20.0 Å². The number of carbonyl (C=O) groups excluding carboxylic acids is 1. The number of carboxylic acid groups (broad SMARTS) is 1. The standard InChI is InChI=1S/C32H38N6O5S/c1-32(2,3)24-8-4-7-11-28(24)44(42,43)37-27(30(40)41)20-33-29(39)21-12-14-23(15-13-21)38-18-16-22(17-19-38)34-31-35-25-9-5-6-10-26(25)36-31/h4-15,22,27,37H,16-20H2,1-3H3,(H,33,39)(H,40,41)(H2,34,35,36)/t27-/m0/s1. The summed E-state index contributed by atoms with van der Waals surface area (Å²) in [5.74, 6) is -1.12. The number of benzene rings is 3. The Morgan fingerprint density at radius 1 is 1.00 bits per heavy atom. The van der Waals surface area contributed by atoms with E-state index in [2.05, 4.69) is 30.2 Å². The number of para-hydroxylation sites is 2. The number of hydrogen-bond donors (Lipinski definition) is 5. The van der Waals surface area contributed by atoms with Crippen LogP contribution in [0.4, 0.5) is 11.6 Å². The molecule has 1 saturated heterocycles. The molecule has 0 spiro atoms. The third-order valence-electron chi connectivity index (χ3n) is 7.77. The SMILES string of the molecule is CC(C)(C)c1ccccc1S(=O)(=O)N[C@@H](CNC(=O)c1ccc(N2CCC(Nc3nc4ccccc4[nH]3)CC2)cc1)C(=O)O. The number of aromatic amines is 1. The first-order chi connectivity index (χ1) is 20.9. The van der Waals surface area contributed by atoms with Crippen LogP contribution in [0.15, 0.2) is 77.7 Å². The summed E-state index contributed by atoms with van der Waals surface area (Å²) in [6.07, 6.45) is 1.85. The van der Waals surface area contributed by atoms with Crippen LogP contribution in [-0.2, 0) is 20.2 Å². The lowest BCUT2D eigenvalue weighted by Gasteiger charge is -2.34. The fourth-order valence-corrected chi connectivity index (χ4v) is 6.97. The molecule has 44 heavy (non-hydrogen) atoms. The number of sulfonamides is 1. The van der Waals surface area contributed by atoms with Crippen LogP contribution in [0.1, 0.15) is 49.5 Å². The van der Waals surface area contributed by atoms with Crippen LogP contribution < -0.4 is 20.3 Å². The lowest BCUT2D eigenvalue weighted by Crippen LogP contribution is -2.48. The van der Waals surface area contributed by atoms with Gasteiger partial charge in [-0.2, -0.15) is 4.72 Å². The van der Waals surface area contributed by atoms with Gasteiger partial charge in [0.1, 0.15) is 6.04 Å². The van der Waals surface area contributed by atoms with Crippen molar-refractivity contribution in [2.45, 2.75) is 56.0 Å². The van der Waals surface area contributed by atoms with Crippen LogP contribution >= 0.6 is 0 Å². The molecule has 1 aliphatic heterocycles. The zero-order valence-electron chi connectivity index (χ0n) is 25.0. The second-order valence-electron chi connectivity index (χ2n) is 12.0. The van der Waals surface area contributed by atoms with E-state index in [1.54, 1.807) is 30.3 Å². The van der Waals surface area contributed by atoms with Crippen molar-refractivity contribution in [2.75, 3.05) is 29.9 Å². The van der Waals surface area contributed by atoms with Crippen molar-refractivity contribution in [3.63, 3.8) is 0 Å². The van der Waals surface area contributed by atoms with E-state index in [0.29, 0.717) is 17.2 Å². The Morgan fingerprint density at radius 3 is 2.32 bits per heavy atom. The number of anilines is 2. The van der Waals surface area contributed by atoms with Crippen molar-refractivity contribution >= 4 is 44.6 Å². The maximum Gasteiger partial charge on any atom is 0.323 e. The van der Waals surface area contributed by atoms with Gasteiger partial charge in [0.15, 0.2) is 0 Å². The third kappa shape index (κ3) is 7.20. The number of rotatable bonds is 10. The largest absolute Gasteiger partial charge is 0.480 e. The van der Waals surface area contributed by atoms with Gasteiger partial charge in [-0.1, -0.05) is 51.1 Å². The number of imidazole rings is 1. The first kappa shape index (κ1) is 31.0. The van der Waals surface area contributed by atoms with Gasteiger partial charge >= 0.3 is 5.97 Å². The Labute approximate surface area is 257 Å². The van der Waals surface area contributed by atoms with Crippen molar-refractivity contribution in [3.8, 4) is 0 Å². The van der Waals surface area contributed by atoms with Gasteiger partial charge in [0.05, 0.1) is 15.9 Å². The monoisotopic (exact) mass is 618 g/mol. The van der Waals surface area contributed by atoms with E-state index in [9.17, 15) is 23.1 Å². The molecule has 1 fully saturated rings. The highest BCUT2D eigenvalue weighted by molar-refractivity contribution is 7.89. The van der Waals surface area contributed by atoms with Crippen LogP contribution in [-0.4, -0.2) is 67.1 Å². The lowest BCUT2D eigenvalue weighted by molar-refractivity contribution is -0.138. The molecule has 5 rings (SSSR count). The quantitative estimate of drug-likeness (QED) is 0.178. The molecule has 2 heterocycles. The molecular formula is C32H38N6O5S. The molecule has 0 aliphatic carbocycles. The van der Waals surface area contributed by atoms with Crippen molar-refractivity contribution in [3.05, 3.63) is 83.9 Å². The average molecular weight is 619 g/mol. The Morgan fingerprint density at radius 2 is 1.66 bits per heavy atom.